The van der Waals surface area contributed by atoms with Crippen molar-refractivity contribution in [1.29, 1.82) is 0 Å². The second-order valence-corrected chi connectivity index (χ2v) is 12.4. The van der Waals surface area contributed by atoms with Gasteiger partial charge in [0.15, 0.2) is 6.61 Å². The maximum atomic E-state index is 13.1. The molecule has 1 saturated heterocycles. The molecule has 1 N–H and O–H groups in total. The molecule has 218 valence electrons. The molecular weight excluding hydrogens is 546 g/mol. The minimum absolute atomic E-state index is 0.0851. The molecule has 0 aromatic heterocycles. The molecule has 7 nitrogen and oxygen atoms in total. The van der Waals surface area contributed by atoms with E-state index in [0.717, 1.165) is 24.2 Å². The standard InChI is InChI=1S/C34H37N3O4S/c1-25-14-15-30(22-26(25)2)35-42(39,40)31-16-17-32(27(3)23-31)41-24-33(38)36-18-20-37(21-19-36)34(28-10-6-4-7-11-28)29-12-8-5-9-13-29/h4-17,22-23,34-35H,18-21,24H2,1-3H3. The molecule has 1 aliphatic rings. The monoisotopic (exact) mass is 583 g/mol. The number of aryl methyl sites for hydroxylation is 3. The molecule has 1 aliphatic heterocycles. The van der Waals surface area contributed by atoms with Crippen LogP contribution in [0.25, 0.3) is 0 Å². The normalized spacial score (nSPS) is 14.1. The predicted octanol–water partition coefficient (Wildman–Crippen LogP) is 5.73. The third-order valence-corrected chi connectivity index (χ3v) is 9.21. The quantitative estimate of drug-likeness (QED) is 0.273. The summed E-state index contributed by atoms with van der Waals surface area (Å²) in [6.07, 6.45) is 0. The Morgan fingerprint density at radius 3 is 1.95 bits per heavy atom. The Labute approximate surface area is 248 Å². The average Bonchev–Trinajstić information content (AvgIpc) is 3.00. The van der Waals surface area contributed by atoms with Gasteiger partial charge in [-0.1, -0.05) is 66.7 Å². The number of amides is 1. The predicted molar refractivity (Wildman–Crippen MR) is 166 cm³/mol. The van der Waals surface area contributed by atoms with E-state index in [1.165, 1.54) is 17.2 Å². The van der Waals surface area contributed by atoms with E-state index in [4.69, 9.17) is 4.74 Å². The van der Waals surface area contributed by atoms with Crippen molar-refractivity contribution in [3.63, 3.8) is 0 Å². The fraction of sp³-hybridized carbons (Fsp3) is 0.265. The number of sulfonamides is 1. The van der Waals surface area contributed by atoms with E-state index in [-0.39, 0.29) is 23.5 Å². The molecule has 0 bridgehead atoms. The highest BCUT2D eigenvalue weighted by molar-refractivity contribution is 7.92. The zero-order valence-corrected chi connectivity index (χ0v) is 25.1. The van der Waals surface area contributed by atoms with Crippen LogP contribution in [0.1, 0.15) is 33.9 Å². The van der Waals surface area contributed by atoms with Gasteiger partial charge >= 0.3 is 0 Å². The molecular formula is C34H37N3O4S. The van der Waals surface area contributed by atoms with E-state index in [9.17, 15) is 13.2 Å². The third kappa shape index (κ3) is 6.83. The van der Waals surface area contributed by atoms with Gasteiger partial charge in [-0.15, -0.1) is 0 Å². The van der Waals surface area contributed by atoms with Crippen molar-refractivity contribution in [3.05, 3.63) is 125 Å². The van der Waals surface area contributed by atoms with Gasteiger partial charge < -0.3 is 9.64 Å². The number of benzene rings is 4. The molecule has 0 unspecified atom stereocenters. The molecule has 0 atom stereocenters. The van der Waals surface area contributed by atoms with Gasteiger partial charge in [0, 0.05) is 31.9 Å². The van der Waals surface area contributed by atoms with E-state index in [1.807, 2.05) is 43.0 Å². The minimum atomic E-state index is -3.77. The summed E-state index contributed by atoms with van der Waals surface area (Å²) >= 11 is 0. The lowest BCUT2D eigenvalue weighted by molar-refractivity contribution is -0.135. The van der Waals surface area contributed by atoms with Crippen LogP contribution in [-0.2, 0) is 14.8 Å². The zero-order valence-electron chi connectivity index (χ0n) is 24.3. The molecule has 5 rings (SSSR count). The number of rotatable bonds is 9. The van der Waals surface area contributed by atoms with Gasteiger partial charge in [0.25, 0.3) is 15.9 Å². The summed E-state index contributed by atoms with van der Waals surface area (Å²) in [5.74, 6) is 0.401. The molecule has 0 saturated carbocycles. The highest BCUT2D eigenvalue weighted by Gasteiger charge is 2.28. The molecule has 8 heteroatoms. The molecule has 0 radical (unpaired) electrons. The van der Waals surface area contributed by atoms with Gasteiger partial charge in [-0.2, -0.15) is 0 Å². The number of carbonyl (C=O) groups excluding carboxylic acids is 1. The SMILES string of the molecule is Cc1ccc(NS(=O)(=O)c2ccc(OCC(=O)N3CCN(C(c4ccccc4)c4ccccc4)CC3)c(C)c2)cc1C. The first-order chi connectivity index (χ1) is 20.2. The summed E-state index contributed by atoms with van der Waals surface area (Å²) < 4.78 is 34.4. The smallest absolute Gasteiger partial charge is 0.261 e. The van der Waals surface area contributed by atoms with Gasteiger partial charge in [-0.3, -0.25) is 14.4 Å². The Morgan fingerprint density at radius 1 is 0.762 bits per heavy atom. The van der Waals surface area contributed by atoms with E-state index < -0.39 is 10.0 Å². The molecule has 1 fully saturated rings. The molecule has 4 aromatic carbocycles. The summed E-state index contributed by atoms with van der Waals surface area (Å²) in [5, 5.41) is 0. The second-order valence-electron chi connectivity index (χ2n) is 10.8. The van der Waals surface area contributed by atoms with Crippen molar-refractivity contribution in [2.45, 2.75) is 31.7 Å². The highest BCUT2D eigenvalue weighted by atomic mass is 32.2. The minimum Gasteiger partial charge on any atom is -0.483 e. The molecule has 0 spiro atoms. The number of piperazine rings is 1. The van der Waals surface area contributed by atoms with Gasteiger partial charge in [0.2, 0.25) is 0 Å². The first kappa shape index (κ1) is 29.4. The fourth-order valence-corrected chi connectivity index (χ4v) is 6.45. The lowest BCUT2D eigenvalue weighted by Gasteiger charge is -2.39. The van der Waals surface area contributed by atoms with Gasteiger partial charge in [0.1, 0.15) is 5.75 Å². The number of nitrogens with one attached hydrogen (secondary N) is 1. The summed E-state index contributed by atoms with van der Waals surface area (Å²) in [6.45, 7) is 8.32. The van der Waals surface area contributed by atoms with Gasteiger partial charge in [-0.25, -0.2) is 8.42 Å². The number of hydrogen-bond acceptors (Lipinski definition) is 5. The molecule has 1 amide bonds. The molecule has 0 aliphatic carbocycles. The van der Waals surface area contributed by atoms with Crippen molar-refractivity contribution in [2.75, 3.05) is 37.5 Å². The van der Waals surface area contributed by atoms with Crippen LogP contribution < -0.4 is 9.46 Å². The average molecular weight is 584 g/mol. The van der Waals surface area contributed by atoms with Crippen LogP contribution in [0.3, 0.4) is 0 Å². The van der Waals surface area contributed by atoms with Crippen molar-refractivity contribution < 1.29 is 17.9 Å². The van der Waals surface area contributed by atoms with E-state index in [2.05, 4.69) is 58.2 Å². The van der Waals surface area contributed by atoms with Crippen LogP contribution in [0.5, 0.6) is 5.75 Å². The first-order valence-electron chi connectivity index (χ1n) is 14.2. The topological polar surface area (TPSA) is 78.9 Å². The number of hydrogen-bond donors (Lipinski definition) is 1. The van der Waals surface area contributed by atoms with Crippen molar-refractivity contribution in [3.8, 4) is 5.75 Å². The van der Waals surface area contributed by atoms with Crippen LogP contribution in [0.2, 0.25) is 0 Å². The third-order valence-electron chi connectivity index (χ3n) is 7.83. The van der Waals surface area contributed by atoms with Crippen molar-refractivity contribution >= 4 is 21.6 Å². The summed E-state index contributed by atoms with van der Waals surface area (Å²) in [7, 11) is -3.77. The highest BCUT2D eigenvalue weighted by Crippen LogP contribution is 2.30. The Bertz CT molecular complexity index is 1590. The van der Waals surface area contributed by atoms with Crippen LogP contribution >= 0.6 is 0 Å². The number of ether oxygens (including phenoxy) is 1. The Balaban J connectivity index is 1.18. The number of anilines is 1. The van der Waals surface area contributed by atoms with E-state index >= 15 is 0 Å². The number of nitrogens with zero attached hydrogens (tertiary/aromatic N) is 2. The molecule has 4 aromatic rings. The largest absolute Gasteiger partial charge is 0.483 e. The van der Waals surface area contributed by atoms with Crippen molar-refractivity contribution in [1.82, 2.24) is 9.80 Å². The Kier molecular flexibility index (Phi) is 8.94. The van der Waals surface area contributed by atoms with Gasteiger partial charge in [-0.05, 0) is 78.9 Å². The van der Waals surface area contributed by atoms with Crippen LogP contribution in [0.4, 0.5) is 5.69 Å². The van der Waals surface area contributed by atoms with Crippen LogP contribution in [0, 0.1) is 20.8 Å². The maximum Gasteiger partial charge on any atom is 0.261 e. The lowest BCUT2D eigenvalue weighted by atomic mass is 9.96. The lowest BCUT2D eigenvalue weighted by Crippen LogP contribution is -2.51. The van der Waals surface area contributed by atoms with E-state index in [1.54, 1.807) is 25.1 Å². The van der Waals surface area contributed by atoms with Crippen LogP contribution in [0.15, 0.2) is 102 Å². The van der Waals surface area contributed by atoms with E-state index in [0.29, 0.717) is 30.1 Å². The number of carbonyl (C=O) groups is 1. The first-order valence-corrected chi connectivity index (χ1v) is 15.6. The summed E-state index contributed by atoms with van der Waals surface area (Å²) in [5.41, 5.74) is 5.72. The van der Waals surface area contributed by atoms with Crippen molar-refractivity contribution in [2.24, 2.45) is 0 Å². The fourth-order valence-electron chi connectivity index (χ4n) is 5.32. The Morgan fingerprint density at radius 2 is 1.38 bits per heavy atom. The molecule has 1 heterocycles. The second kappa shape index (κ2) is 12.8. The summed E-state index contributed by atoms with van der Waals surface area (Å²) in [4.78, 5) is 17.5. The zero-order chi connectivity index (χ0) is 29.7. The molecule has 42 heavy (non-hydrogen) atoms. The van der Waals surface area contributed by atoms with Gasteiger partial charge in [0.05, 0.1) is 10.9 Å². The van der Waals surface area contributed by atoms with Crippen LogP contribution in [-0.4, -0.2) is 56.9 Å². The summed E-state index contributed by atoms with van der Waals surface area (Å²) in [6, 6.07) is 31.2. The maximum absolute atomic E-state index is 13.1. The Hall–Kier alpha value is -4.14.